The molecule has 0 radical (unpaired) electrons. The van der Waals surface area contributed by atoms with Crippen LogP contribution in [0.4, 0.5) is 26.3 Å². The number of carbonyl (C=O) groups is 1. The molecule has 0 aliphatic carbocycles. The summed E-state index contributed by atoms with van der Waals surface area (Å²) < 4.78 is 82.3. The minimum atomic E-state index is -5.17. The molecule has 0 aromatic heterocycles. The molecule has 2 nitrogen and oxygen atoms in total. The van der Waals surface area contributed by atoms with E-state index in [1.807, 2.05) is 0 Å². The van der Waals surface area contributed by atoms with Gasteiger partial charge in [0.05, 0.1) is 24.2 Å². The lowest BCUT2D eigenvalue weighted by atomic mass is 9.94. The molecule has 0 bridgehead atoms. The number of hydrogen-bond acceptors (Lipinski definition) is 2. The Morgan fingerprint density at radius 2 is 1.64 bits per heavy atom. The number of rotatable bonds is 4. The van der Waals surface area contributed by atoms with Gasteiger partial charge in [-0.3, -0.25) is 4.79 Å². The summed E-state index contributed by atoms with van der Waals surface area (Å²) in [5, 5.41) is 0. The van der Waals surface area contributed by atoms with Gasteiger partial charge in [0.1, 0.15) is 0 Å². The van der Waals surface area contributed by atoms with Crippen molar-refractivity contribution in [1.82, 2.24) is 0 Å². The molecular formula is C14H14F6O2. The normalized spacial score (nSPS) is 12.4. The van der Waals surface area contributed by atoms with Gasteiger partial charge in [-0.25, -0.2) is 0 Å². The lowest BCUT2D eigenvalue weighted by Gasteiger charge is -2.20. The van der Waals surface area contributed by atoms with E-state index in [1.165, 1.54) is 13.8 Å². The number of ether oxygens (including phenoxy) is 1. The molecule has 1 aromatic carbocycles. The molecule has 1 aromatic rings. The summed E-state index contributed by atoms with van der Waals surface area (Å²) in [7, 11) is 0. The van der Waals surface area contributed by atoms with Crippen molar-refractivity contribution in [2.45, 2.75) is 39.0 Å². The third-order valence-electron chi connectivity index (χ3n) is 2.90. The van der Waals surface area contributed by atoms with Crippen LogP contribution in [0.1, 0.15) is 36.1 Å². The molecule has 0 unspecified atom stereocenters. The Hall–Kier alpha value is -1.73. The monoisotopic (exact) mass is 328 g/mol. The number of esters is 1. The predicted molar refractivity (Wildman–Crippen MR) is 66.2 cm³/mol. The zero-order chi connectivity index (χ0) is 17.1. The Balaban J connectivity index is 3.45. The van der Waals surface area contributed by atoms with Crippen molar-refractivity contribution >= 4 is 5.97 Å². The minimum absolute atomic E-state index is 0.0340. The molecule has 8 heteroatoms. The van der Waals surface area contributed by atoms with Crippen LogP contribution in [0.15, 0.2) is 12.1 Å². The molecule has 1 rings (SSSR count). The summed E-state index contributed by atoms with van der Waals surface area (Å²) in [5.41, 5.74) is -4.13. The molecule has 124 valence electrons. The van der Waals surface area contributed by atoms with Gasteiger partial charge in [-0.1, -0.05) is 13.0 Å². The highest BCUT2D eigenvalue weighted by Gasteiger charge is 2.44. The second-order valence-corrected chi connectivity index (χ2v) is 4.51. The Morgan fingerprint density at radius 3 is 2.05 bits per heavy atom. The summed E-state index contributed by atoms with van der Waals surface area (Å²) in [6, 6.07) is 1.33. The Morgan fingerprint density at radius 1 is 1.05 bits per heavy atom. The van der Waals surface area contributed by atoms with E-state index in [1.54, 1.807) is 0 Å². The van der Waals surface area contributed by atoms with Gasteiger partial charge in [-0.15, -0.1) is 0 Å². The van der Waals surface area contributed by atoms with Crippen molar-refractivity contribution in [2.75, 3.05) is 6.61 Å². The van der Waals surface area contributed by atoms with Crippen LogP contribution in [0.25, 0.3) is 0 Å². The van der Waals surface area contributed by atoms with E-state index in [-0.39, 0.29) is 18.6 Å². The Bertz CT molecular complexity index is 545. The van der Waals surface area contributed by atoms with Crippen molar-refractivity contribution in [1.29, 1.82) is 0 Å². The lowest BCUT2D eigenvalue weighted by molar-refractivity contribution is -0.162. The third-order valence-corrected chi connectivity index (χ3v) is 2.90. The summed E-state index contributed by atoms with van der Waals surface area (Å²) >= 11 is 0. The molecule has 0 aliphatic rings. The van der Waals surface area contributed by atoms with E-state index in [0.717, 1.165) is 6.07 Å². The van der Waals surface area contributed by atoms with E-state index in [4.69, 9.17) is 0 Å². The van der Waals surface area contributed by atoms with Crippen molar-refractivity contribution < 1.29 is 35.9 Å². The van der Waals surface area contributed by atoms with Crippen LogP contribution in [0.2, 0.25) is 0 Å². The summed E-state index contributed by atoms with van der Waals surface area (Å²) in [4.78, 5) is 11.3. The number of aryl methyl sites for hydroxylation is 1. The quantitative estimate of drug-likeness (QED) is 0.605. The number of benzene rings is 1. The fraction of sp³-hybridized carbons (Fsp3) is 0.500. The molecule has 0 N–H and O–H groups in total. The molecular weight excluding hydrogens is 314 g/mol. The maximum atomic E-state index is 12.9. The van der Waals surface area contributed by atoms with Crippen molar-refractivity contribution in [3.05, 3.63) is 34.4 Å². The molecule has 0 saturated heterocycles. The molecule has 0 spiro atoms. The van der Waals surface area contributed by atoms with Gasteiger partial charge in [0.2, 0.25) is 0 Å². The largest absolute Gasteiger partial charge is 0.466 e. The topological polar surface area (TPSA) is 26.3 Å². The summed E-state index contributed by atoms with van der Waals surface area (Å²) in [6.45, 7) is 2.87. The fourth-order valence-corrected chi connectivity index (χ4v) is 2.09. The second-order valence-electron chi connectivity index (χ2n) is 4.51. The average molecular weight is 328 g/mol. The smallest absolute Gasteiger partial charge is 0.417 e. The van der Waals surface area contributed by atoms with Gasteiger partial charge in [0.25, 0.3) is 0 Å². The molecule has 0 amide bonds. The number of alkyl halides is 6. The predicted octanol–water partition coefficient (Wildman–Crippen LogP) is 4.39. The van der Waals surface area contributed by atoms with E-state index in [9.17, 15) is 31.1 Å². The van der Waals surface area contributed by atoms with Crippen LogP contribution in [-0.2, 0) is 34.7 Å². The van der Waals surface area contributed by atoms with E-state index in [0.29, 0.717) is 6.07 Å². The van der Waals surface area contributed by atoms with E-state index >= 15 is 0 Å². The first-order chi connectivity index (χ1) is 10.0. The zero-order valence-electron chi connectivity index (χ0n) is 11.9. The number of hydrogen-bond donors (Lipinski definition) is 0. The molecule has 0 saturated carbocycles. The number of carbonyl (C=O) groups excluding carboxylic acids is 1. The Labute approximate surface area is 123 Å². The third kappa shape index (κ3) is 4.38. The van der Waals surface area contributed by atoms with Gasteiger partial charge in [-0.05, 0) is 30.5 Å². The zero-order valence-corrected chi connectivity index (χ0v) is 11.9. The highest BCUT2D eigenvalue weighted by Crippen LogP contribution is 2.42. The van der Waals surface area contributed by atoms with Crippen LogP contribution in [0.5, 0.6) is 0 Å². The standard InChI is InChI=1S/C14H14F6O2/c1-3-9-5-8(7-11(21)22-4-2)6-10(13(15,16)17)12(9)14(18,19)20/h5-6H,3-4,7H2,1-2H3. The summed E-state index contributed by atoms with van der Waals surface area (Å²) in [6.07, 6.45) is -11.0. The number of halogens is 6. The minimum Gasteiger partial charge on any atom is -0.466 e. The second kappa shape index (κ2) is 6.58. The first-order valence-electron chi connectivity index (χ1n) is 6.46. The summed E-state index contributed by atoms with van der Waals surface area (Å²) in [5.74, 6) is -0.794. The molecule has 0 fully saturated rings. The van der Waals surface area contributed by atoms with Crippen LogP contribution in [-0.4, -0.2) is 12.6 Å². The maximum absolute atomic E-state index is 12.9. The van der Waals surface area contributed by atoms with Crippen LogP contribution in [0, 0.1) is 0 Å². The highest BCUT2D eigenvalue weighted by atomic mass is 19.4. The van der Waals surface area contributed by atoms with Crippen molar-refractivity contribution in [3.63, 3.8) is 0 Å². The maximum Gasteiger partial charge on any atom is 0.417 e. The average Bonchev–Trinajstić information content (AvgIpc) is 2.35. The van der Waals surface area contributed by atoms with Gasteiger partial charge < -0.3 is 4.74 Å². The fourth-order valence-electron chi connectivity index (χ4n) is 2.09. The van der Waals surface area contributed by atoms with Crippen LogP contribution in [0.3, 0.4) is 0 Å². The molecule has 22 heavy (non-hydrogen) atoms. The van der Waals surface area contributed by atoms with Crippen molar-refractivity contribution in [3.8, 4) is 0 Å². The molecule has 0 heterocycles. The lowest BCUT2D eigenvalue weighted by Crippen LogP contribution is -2.20. The van der Waals surface area contributed by atoms with Crippen LogP contribution >= 0.6 is 0 Å². The van der Waals surface area contributed by atoms with E-state index < -0.39 is 41.4 Å². The van der Waals surface area contributed by atoms with Gasteiger partial charge in [0, 0.05) is 0 Å². The van der Waals surface area contributed by atoms with Crippen molar-refractivity contribution in [2.24, 2.45) is 0 Å². The van der Waals surface area contributed by atoms with Gasteiger partial charge >= 0.3 is 18.3 Å². The molecule has 0 aliphatic heterocycles. The van der Waals surface area contributed by atoms with Gasteiger partial charge in [-0.2, -0.15) is 26.3 Å². The first kappa shape index (κ1) is 18.3. The molecule has 0 atom stereocenters. The van der Waals surface area contributed by atoms with E-state index in [2.05, 4.69) is 4.74 Å². The Kier molecular flexibility index (Phi) is 5.48. The first-order valence-corrected chi connectivity index (χ1v) is 6.46. The highest BCUT2D eigenvalue weighted by molar-refractivity contribution is 5.73. The SMILES string of the molecule is CCOC(=O)Cc1cc(CC)c(C(F)(F)F)c(C(F)(F)F)c1. The van der Waals surface area contributed by atoms with Crippen LogP contribution < -0.4 is 0 Å². The van der Waals surface area contributed by atoms with Gasteiger partial charge in [0.15, 0.2) is 0 Å².